The van der Waals surface area contributed by atoms with Crippen LogP contribution < -0.4 is 5.90 Å². The van der Waals surface area contributed by atoms with Gasteiger partial charge in [-0.05, 0) is 11.6 Å². The molecule has 3 heteroatoms. The van der Waals surface area contributed by atoms with Crippen LogP contribution in [0.4, 0.5) is 0 Å². The molecule has 0 heterocycles. The molecule has 0 fully saturated rings. The Kier molecular flexibility index (Phi) is 4.12. The van der Waals surface area contributed by atoms with Crippen molar-refractivity contribution in [3.05, 3.63) is 77.9 Å². The molecule has 0 amide bonds. The zero-order chi connectivity index (χ0) is 12.8. The van der Waals surface area contributed by atoms with Crippen LogP contribution in [0, 0.1) is 0 Å². The molecule has 0 spiro atoms. The van der Waals surface area contributed by atoms with E-state index < -0.39 is 6.10 Å². The zero-order valence-corrected chi connectivity index (χ0v) is 9.86. The fraction of sp³-hybridized carbons (Fsp3) is 0.0667. The average Bonchev–Trinajstić information content (AvgIpc) is 2.46. The van der Waals surface area contributed by atoms with Gasteiger partial charge in [-0.15, -0.1) is 0 Å². The van der Waals surface area contributed by atoms with Crippen molar-refractivity contribution >= 4 is 5.76 Å². The maximum Gasteiger partial charge on any atom is 0.152 e. The molecule has 2 aromatic rings. The fourth-order valence-electron chi connectivity index (χ4n) is 1.70. The predicted octanol–water partition coefficient (Wildman–Crippen LogP) is 2.65. The lowest BCUT2D eigenvalue weighted by atomic mass is 10.1. The monoisotopic (exact) mass is 241 g/mol. The van der Waals surface area contributed by atoms with E-state index in [9.17, 15) is 5.11 Å². The molecule has 0 aliphatic heterocycles. The second kappa shape index (κ2) is 6.00. The molecule has 3 nitrogen and oxygen atoms in total. The molecule has 0 aliphatic carbocycles. The maximum atomic E-state index is 10.1. The summed E-state index contributed by atoms with van der Waals surface area (Å²) in [5.74, 6) is 5.70. The third kappa shape index (κ3) is 2.97. The third-order valence-corrected chi connectivity index (χ3v) is 2.64. The summed E-state index contributed by atoms with van der Waals surface area (Å²) in [5.41, 5.74) is 1.62. The summed E-state index contributed by atoms with van der Waals surface area (Å²) < 4.78 is 0. The summed E-state index contributed by atoms with van der Waals surface area (Å²) in [5, 5.41) is 10.1. The van der Waals surface area contributed by atoms with Crippen molar-refractivity contribution in [1.29, 1.82) is 0 Å². The largest absolute Gasteiger partial charge is 0.411 e. The highest BCUT2D eigenvalue weighted by Gasteiger charge is 2.08. The van der Waals surface area contributed by atoms with Gasteiger partial charge in [0, 0.05) is 5.56 Å². The zero-order valence-electron chi connectivity index (χ0n) is 9.86. The van der Waals surface area contributed by atoms with Gasteiger partial charge in [0.15, 0.2) is 5.76 Å². The van der Waals surface area contributed by atoms with Crippen LogP contribution in [0.3, 0.4) is 0 Å². The Labute approximate surface area is 106 Å². The summed E-state index contributed by atoms with van der Waals surface area (Å²) in [7, 11) is 0. The lowest BCUT2D eigenvalue weighted by Crippen LogP contribution is -2.02. The van der Waals surface area contributed by atoms with Gasteiger partial charge in [-0.2, -0.15) is 5.90 Å². The molecular formula is C15H15NO2. The summed E-state index contributed by atoms with van der Waals surface area (Å²) in [6.07, 6.45) is 0.843. The highest BCUT2D eigenvalue weighted by atomic mass is 16.6. The first kappa shape index (κ1) is 12.4. The Hall–Kier alpha value is -2.10. The summed E-state index contributed by atoms with van der Waals surface area (Å²) in [6.45, 7) is 0. The van der Waals surface area contributed by atoms with Gasteiger partial charge in [-0.1, -0.05) is 60.7 Å². The van der Waals surface area contributed by atoms with E-state index in [1.807, 2.05) is 60.7 Å². The Balaban J connectivity index is 2.25. The fourth-order valence-corrected chi connectivity index (χ4v) is 1.70. The minimum Gasteiger partial charge on any atom is -0.411 e. The molecule has 0 bridgehead atoms. The van der Waals surface area contributed by atoms with Gasteiger partial charge in [-0.3, -0.25) is 0 Å². The van der Waals surface area contributed by atoms with Crippen LogP contribution in [-0.2, 0) is 4.84 Å². The SMILES string of the molecule is NOC(=CC(O)c1ccccc1)c1ccccc1. The third-order valence-electron chi connectivity index (χ3n) is 2.64. The molecule has 1 unspecified atom stereocenters. The number of benzene rings is 2. The minimum atomic E-state index is -0.745. The van der Waals surface area contributed by atoms with Crippen molar-refractivity contribution in [3.63, 3.8) is 0 Å². The average molecular weight is 241 g/mol. The minimum absolute atomic E-state index is 0.451. The quantitative estimate of drug-likeness (QED) is 0.639. The molecule has 18 heavy (non-hydrogen) atoms. The number of rotatable bonds is 4. The van der Waals surface area contributed by atoms with Crippen LogP contribution in [0.1, 0.15) is 17.2 Å². The Morgan fingerprint density at radius 2 is 1.56 bits per heavy atom. The number of hydrogen-bond donors (Lipinski definition) is 2. The van der Waals surface area contributed by atoms with E-state index in [1.165, 1.54) is 0 Å². The first-order valence-electron chi connectivity index (χ1n) is 5.68. The molecule has 3 N–H and O–H groups in total. The van der Waals surface area contributed by atoms with E-state index in [0.717, 1.165) is 11.1 Å². The van der Waals surface area contributed by atoms with E-state index >= 15 is 0 Å². The van der Waals surface area contributed by atoms with Crippen molar-refractivity contribution in [3.8, 4) is 0 Å². The second-order valence-corrected chi connectivity index (χ2v) is 3.87. The molecular weight excluding hydrogens is 226 g/mol. The van der Waals surface area contributed by atoms with Gasteiger partial charge in [0.25, 0.3) is 0 Å². The highest BCUT2D eigenvalue weighted by molar-refractivity contribution is 5.60. The molecule has 2 rings (SSSR count). The summed E-state index contributed by atoms with van der Waals surface area (Å²) >= 11 is 0. The Morgan fingerprint density at radius 1 is 1.00 bits per heavy atom. The maximum absolute atomic E-state index is 10.1. The van der Waals surface area contributed by atoms with E-state index in [-0.39, 0.29) is 0 Å². The van der Waals surface area contributed by atoms with Crippen molar-refractivity contribution in [2.75, 3.05) is 0 Å². The van der Waals surface area contributed by atoms with Gasteiger partial charge >= 0.3 is 0 Å². The van der Waals surface area contributed by atoms with Crippen molar-refractivity contribution in [2.45, 2.75) is 6.10 Å². The highest BCUT2D eigenvalue weighted by Crippen LogP contribution is 2.21. The van der Waals surface area contributed by atoms with Crippen LogP contribution in [0.25, 0.3) is 5.76 Å². The molecule has 92 valence electrons. The lowest BCUT2D eigenvalue weighted by Gasteiger charge is -2.10. The summed E-state index contributed by atoms with van der Waals surface area (Å²) in [6, 6.07) is 18.8. The van der Waals surface area contributed by atoms with Gasteiger partial charge in [-0.25, -0.2) is 0 Å². The van der Waals surface area contributed by atoms with Crippen LogP contribution in [0.5, 0.6) is 0 Å². The van der Waals surface area contributed by atoms with Crippen molar-refractivity contribution in [2.24, 2.45) is 5.90 Å². The first-order chi connectivity index (χ1) is 8.81. The lowest BCUT2D eigenvalue weighted by molar-refractivity contribution is 0.220. The summed E-state index contributed by atoms with van der Waals surface area (Å²) in [4.78, 5) is 4.83. The van der Waals surface area contributed by atoms with Gasteiger partial charge in [0.05, 0.1) is 0 Å². The van der Waals surface area contributed by atoms with E-state index in [0.29, 0.717) is 5.76 Å². The van der Waals surface area contributed by atoms with Gasteiger partial charge in [0.2, 0.25) is 0 Å². The molecule has 0 aliphatic rings. The Morgan fingerprint density at radius 3 is 2.11 bits per heavy atom. The molecule has 0 radical (unpaired) electrons. The van der Waals surface area contributed by atoms with Gasteiger partial charge < -0.3 is 9.94 Å². The number of aliphatic hydroxyl groups is 1. The Bertz CT molecular complexity index is 509. The van der Waals surface area contributed by atoms with Crippen LogP contribution in [-0.4, -0.2) is 5.11 Å². The van der Waals surface area contributed by atoms with Crippen molar-refractivity contribution in [1.82, 2.24) is 0 Å². The van der Waals surface area contributed by atoms with Crippen LogP contribution in [0.2, 0.25) is 0 Å². The van der Waals surface area contributed by atoms with E-state index in [2.05, 4.69) is 0 Å². The topological polar surface area (TPSA) is 55.5 Å². The van der Waals surface area contributed by atoms with Crippen LogP contribution in [0.15, 0.2) is 66.7 Å². The number of nitrogens with two attached hydrogens (primary N) is 1. The number of aliphatic hydroxyl groups excluding tert-OH is 1. The standard InChI is InChI=1S/C15H15NO2/c16-18-15(13-9-5-2-6-10-13)11-14(17)12-7-3-1-4-8-12/h1-11,14,17H,16H2. The van der Waals surface area contributed by atoms with Gasteiger partial charge in [0.1, 0.15) is 6.10 Å². The van der Waals surface area contributed by atoms with E-state index in [1.54, 1.807) is 6.08 Å². The van der Waals surface area contributed by atoms with Crippen molar-refractivity contribution < 1.29 is 9.94 Å². The number of hydrogen-bond acceptors (Lipinski definition) is 3. The molecule has 0 saturated heterocycles. The molecule has 0 saturated carbocycles. The normalized spacial score (nSPS) is 13.1. The first-order valence-corrected chi connectivity index (χ1v) is 5.68. The second-order valence-electron chi connectivity index (χ2n) is 3.87. The van der Waals surface area contributed by atoms with Crippen LogP contribution >= 0.6 is 0 Å². The molecule has 1 atom stereocenters. The molecule has 0 aromatic heterocycles. The van der Waals surface area contributed by atoms with E-state index in [4.69, 9.17) is 10.7 Å². The predicted molar refractivity (Wildman–Crippen MR) is 71.1 cm³/mol. The smallest absolute Gasteiger partial charge is 0.152 e. The molecule has 2 aromatic carbocycles.